The topological polar surface area (TPSA) is 72.2 Å². The van der Waals surface area contributed by atoms with Gasteiger partial charge in [-0.05, 0) is 13.3 Å². The fourth-order valence-corrected chi connectivity index (χ4v) is 2.27. The van der Waals surface area contributed by atoms with E-state index in [1.54, 1.807) is 13.1 Å². The number of hydrogen-bond donors (Lipinski definition) is 1. The van der Waals surface area contributed by atoms with Gasteiger partial charge in [-0.3, -0.25) is 0 Å². The van der Waals surface area contributed by atoms with Gasteiger partial charge in [0.15, 0.2) is 5.89 Å². The van der Waals surface area contributed by atoms with Crippen molar-refractivity contribution in [3.8, 4) is 0 Å². The summed E-state index contributed by atoms with van der Waals surface area (Å²) in [6.07, 6.45) is 2.72. The maximum absolute atomic E-state index is 11.3. The van der Waals surface area contributed by atoms with Crippen molar-refractivity contribution in [3.63, 3.8) is 0 Å². The van der Waals surface area contributed by atoms with E-state index in [4.69, 9.17) is 4.42 Å². The molecule has 86 valence electrons. The van der Waals surface area contributed by atoms with Gasteiger partial charge >= 0.3 is 0 Å². The summed E-state index contributed by atoms with van der Waals surface area (Å²) in [5.74, 6) is 1.46. The van der Waals surface area contributed by atoms with Crippen LogP contribution in [0, 0.1) is 6.92 Å². The van der Waals surface area contributed by atoms with Crippen LogP contribution in [0.25, 0.3) is 0 Å². The molecule has 0 unspecified atom stereocenters. The minimum atomic E-state index is -3.11. The molecule has 0 radical (unpaired) electrons. The zero-order valence-corrected chi connectivity index (χ0v) is 9.80. The van der Waals surface area contributed by atoms with E-state index in [1.807, 2.05) is 6.92 Å². The summed E-state index contributed by atoms with van der Waals surface area (Å²) in [5, 5.41) is 0. The monoisotopic (exact) mass is 232 g/mol. The van der Waals surface area contributed by atoms with Gasteiger partial charge < -0.3 is 4.42 Å². The average molecular weight is 232 g/mol. The van der Waals surface area contributed by atoms with Crippen molar-refractivity contribution in [2.75, 3.05) is 12.3 Å². The van der Waals surface area contributed by atoms with Crippen LogP contribution in [-0.2, 0) is 16.4 Å². The summed E-state index contributed by atoms with van der Waals surface area (Å²) in [6.45, 7) is 3.97. The minimum absolute atomic E-state index is 0.164. The molecule has 0 fully saturated rings. The summed E-state index contributed by atoms with van der Waals surface area (Å²) < 4.78 is 30.2. The van der Waals surface area contributed by atoms with Gasteiger partial charge in [-0.1, -0.05) is 6.92 Å². The van der Waals surface area contributed by atoms with Gasteiger partial charge in [-0.15, -0.1) is 0 Å². The number of rotatable bonds is 6. The number of aryl methyl sites for hydroxylation is 1. The van der Waals surface area contributed by atoms with Crippen LogP contribution in [0.15, 0.2) is 10.6 Å². The molecule has 1 N–H and O–H groups in total. The molecule has 5 nitrogen and oxygen atoms in total. The van der Waals surface area contributed by atoms with E-state index < -0.39 is 10.0 Å². The van der Waals surface area contributed by atoms with Gasteiger partial charge in [0.2, 0.25) is 10.0 Å². The van der Waals surface area contributed by atoms with Crippen molar-refractivity contribution >= 4 is 10.0 Å². The highest BCUT2D eigenvalue weighted by Crippen LogP contribution is 2.01. The molecule has 0 atom stereocenters. The molecule has 0 aromatic carbocycles. The molecule has 15 heavy (non-hydrogen) atoms. The van der Waals surface area contributed by atoms with Gasteiger partial charge in [-0.25, -0.2) is 18.1 Å². The van der Waals surface area contributed by atoms with Gasteiger partial charge in [0.1, 0.15) is 5.76 Å². The van der Waals surface area contributed by atoms with Crippen molar-refractivity contribution in [1.29, 1.82) is 0 Å². The molecule has 0 bridgehead atoms. The lowest BCUT2D eigenvalue weighted by Crippen LogP contribution is -2.28. The molecule has 1 rings (SSSR count). The molecule has 6 heteroatoms. The summed E-state index contributed by atoms with van der Waals surface area (Å²) >= 11 is 0. The Bertz CT molecular complexity index is 397. The van der Waals surface area contributed by atoms with Crippen LogP contribution in [0.3, 0.4) is 0 Å². The lowest BCUT2D eigenvalue weighted by atomic mass is 10.4. The Kier molecular flexibility index (Phi) is 4.28. The largest absolute Gasteiger partial charge is 0.446 e. The van der Waals surface area contributed by atoms with E-state index in [-0.39, 0.29) is 5.75 Å². The van der Waals surface area contributed by atoms with Crippen molar-refractivity contribution in [2.45, 2.75) is 26.7 Å². The third-order valence-electron chi connectivity index (χ3n) is 1.80. The Labute approximate surface area is 89.9 Å². The molecular weight excluding hydrogens is 216 g/mol. The van der Waals surface area contributed by atoms with Gasteiger partial charge in [0.25, 0.3) is 0 Å². The van der Waals surface area contributed by atoms with E-state index in [0.29, 0.717) is 25.3 Å². The maximum atomic E-state index is 11.3. The van der Waals surface area contributed by atoms with E-state index in [9.17, 15) is 8.42 Å². The summed E-state index contributed by atoms with van der Waals surface area (Å²) in [4.78, 5) is 3.98. The first-order valence-corrected chi connectivity index (χ1v) is 6.57. The highest BCUT2D eigenvalue weighted by Gasteiger charge is 2.08. The number of oxazole rings is 1. The molecule has 0 aliphatic carbocycles. The molecular formula is C9H16N2O3S. The average Bonchev–Trinajstić information content (AvgIpc) is 2.51. The standard InChI is InChI=1S/C9H16N2O3S/c1-3-6-15(12,13)11-5-4-9-10-7-8(2)14-9/h7,11H,3-6H2,1-2H3. The molecule has 1 heterocycles. The smallest absolute Gasteiger partial charge is 0.211 e. The number of aromatic nitrogens is 1. The second kappa shape index (κ2) is 5.27. The first kappa shape index (κ1) is 12.2. The van der Waals surface area contributed by atoms with Crippen LogP contribution in [0.4, 0.5) is 0 Å². The summed E-state index contributed by atoms with van der Waals surface area (Å²) in [7, 11) is -3.11. The van der Waals surface area contributed by atoms with Crippen molar-refractivity contribution < 1.29 is 12.8 Å². The first-order chi connectivity index (χ1) is 7.03. The van der Waals surface area contributed by atoms with Crippen molar-refractivity contribution in [2.24, 2.45) is 0 Å². The molecule has 0 aliphatic rings. The van der Waals surface area contributed by atoms with Gasteiger partial charge in [-0.2, -0.15) is 0 Å². The van der Waals surface area contributed by atoms with Crippen LogP contribution in [0.1, 0.15) is 25.0 Å². The highest BCUT2D eigenvalue weighted by atomic mass is 32.2. The number of nitrogens with one attached hydrogen (secondary N) is 1. The fraction of sp³-hybridized carbons (Fsp3) is 0.667. The Morgan fingerprint density at radius 1 is 1.53 bits per heavy atom. The van der Waals surface area contributed by atoms with E-state index in [2.05, 4.69) is 9.71 Å². The van der Waals surface area contributed by atoms with E-state index in [1.165, 1.54) is 0 Å². The van der Waals surface area contributed by atoms with Crippen LogP contribution in [-0.4, -0.2) is 25.7 Å². The second-order valence-corrected chi connectivity index (χ2v) is 5.25. The predicted molar refractivity (Wildman–Crippen MR) is 57.0 cm³/mol. The van der Waals surface area contributed by atoms with Crippen LogP contribution < -0.4 is 4.72 Å². The zero-order chi connectivity index (χ0) is 11.3. The lowest BCUT2D eigenvalue weighted by Gasteiger charge is -2.03. The Balaban J connectivity index is 2.33. The Morgan fingerprint density at radius 2 is 2.27 bits per heavy atom. The Morgan fingerprint density at radius 3 is 2.80 bits per heavy atom. The molecule has 0 saturated heterocycles. The van der Waals surface area contributed by atoms with Crippen molar-refractivity contribution in [1.82, 2.24) is 9.71 Å². The van der Waals surface area contributed by atoms with Gasteiger partial charge in [0.05, 0.1) is 11.9 Å². The predicted octanol–water partition coefficient (Wildman–Crippen LogP) is 0.855. The zero-order valence-electron chi connectivity index (χ0n) is 8.99. The Hall–Kier alpha value is -0.880. The van der Waals surface area contributed by atoms with Crippen molar-refractivity contribution in [3.05, 3.63) is 17.8 Å². The van der Waals surface area contributed by atoms with Crippen LogP contribution >= 0.6 is 0 Å². The minimum Gasteiger partial charge on any atom is -0.446 e. The first-order valence-electron chi connectivity index (χ1n) is 4.92. The normalized spacial score (nSPS) is 11.9. The quantitative estimate of drug-likeness (QED) is 0.789. The summed E-state index contributed by atoms with van der Waals surface area (Å²) in [5.41, 5.74) is 0. The molecule has 0 aliphatic heterocycles. The molecule has 0 saturated carbocycles. The lowest BCUT2D eigenvalue weighted by molar-refractivity contribution is 0.469. The fourth-order valence-electron chi connectivity index (χ4n) is 1.17. The highest BCUT2D eigenvalue weighted by molar-refractivity contribution is 7.89. The second-order valence-electron chi connectivity index (χ2n) is 3.33. The third-order valence-corrected chi connectivity index (χ3v) is 3.39. The molecule has 0 amide bonds. The third kappa shape index (κ3) is 4.44. The van der Waals surface area contributed by atoms with E-state index in [0.717, 1.165) is 5.76 Å². The number of sulfonamides is 1. The van der Waals surface area contributed by atoms with E-state index >= 15 is 0 Å². The molecule has 0 spiro atoms. The molecule has 1 aromatic rings. The SMILES string of the molecule is CCCS(=O)(=O)NCCc1ncc(C)o1. The summed E-state index contributed by atoms with van der Waals surface area (Å²) in [6, 6.07) is 0. The maximum Gasteiger partial charge on any atom is 0.211 e. The number of nitrogens with zero attached hydrogens (tertiary/aromatic N) is 1. The van der Waals surface area contributed by atoms with Crippen LogP contribution in [0.5, 0.6) is 0 Å². The molecule has 1 aromatic heterocycles. The van der Waals surface area contributed by atoms with Crippen LogP contribution in [0.2, 0.25) is 0 Å². The number of hydrogen-bond acceptors (Lipinski definition) is 4. The van der Waals surface area contributed by atoms with Gasteiger partial charge in [0, 0.05) is 13.0 Å².